The first-order valence-corrected chi connectivity index (χ1v) is 7.36. The van der Waals surface area contributed by atoms with Crippen molar-refractivity contribution in [1.29, 1.82) is 0 Å². The van der Waals surface area contributed by atoms with Gasteiger partial charge in [-0.2, -0.15) is 0 Å². The van der Waals surface area contributed by atoms with E-state index >= 15 is 0 Å². The van der Waals surface area contributed by atoms with Gasteiger partial charge >= 0.3 is 0 Å². The number of amides is 1. The van der Waals surface area contributed by atoms with E-state index in [1.807, 2.05) is 33.2 Å². The van der Waals surface area contributed by atoms with Crippen LogP contribution in [0.5, 0.6) is 0 Å². The molecule has 1 N–H and O–H groups in total. The van der Waals surface area contributed by atoms with Gasteiger partial charge in [-0.15, -0.1) is 0 Å². The molecular formula is C15H25N3O3. The maximum Gasteiger partial charge on any atom is 0.236 e. The lowest BCUT2D eigenvalue weighted by atomic mass is 10.2. The van der Waals surface area contributed by atoms with E-state index in [9.17, 15) is 4.79 Å². The third-order valence-electron chi connectivity index (χ3n) is 3.63. The van der Waals surface area contributed by atoms with Gasteiger partial charge in [0.05, 0.1) is 25.8 Å². The Kier molecular flexibility index (Phi) is 5.78. The van der Waals surface area contributed by atoms with Gasteiger partial charge in [0, 0.05) is 26.7 Å². The zero-order chi connectivity index (χ0) is 15.2. The van der Waals surface area contributed by atoms with Gasteiger partial charge in [0.1, 0.15) is 11.5 Å². The van der Waals surface area contributed by atoms with Crippen LogP contribution in [-0.2, 0) is 16.1 Å². The van der Waals surface area contributed by atoms with Crippen LogP contribution in [-0.4, -0.2) is 68.7 Å². The summed E-state index contributed by atoms with van der Waals surface area (Å²) in [5.41, 5.74) is 0. The number of aryl methyl sites for hydroxylation is 1. The molecule has 6 nitrogen and oxygen atoms in total. The predicted octanol–water partition coefficient (Wildman–Crippen LogP) is 0.467. The summed E-state index contributed by atoms with van der Waals surface area (Å²) in [7, 11) is 3.72. The van der Waals surface area contributed by atoms with Crippen LogP contribution in [0.25, 0.3) is 0 Å². The molecule has 0 aliphatic carbocycles. The highest BCUT2D eigenvalue weighted by Gasteiger charge is 2.23. The van der Waals surface area contributed by atoms with E-state index in [0.29, 0.717) is 19.7 Å². The third kappa shape index (κ3) is 4.84. The number of furan rings is 1. The van der Waals surface area contributed by atoms with E-state index in [-0.39, 0.29) is 12.0 Å². The minimum Gasteiger partial charge on any atom is -0.464 e. The van der Waals surface area contributed by atoms with Gasteiger partial charge in [-0.3, -0.25) is 9.69 Å². The summed E-state index contributed by atoms with van der Waals surface area (Å²) < 4.78 is 11.2. The van der Waals surface area contributed by atoms with E-state index < -0.39 is 0 Å². The zero-order valence-electron chi connectivity index (χ0n) is 13.1. The minimum atomic E-state index is 0.106. The van der Waals surface area contributed by atoms with E-state index in [1.54, 1.807) is 4.90 Å². The molecule has 2 heterocycles. The molecule has 118 valence electrons. The molecule has 1 unspecified atom stereocenters. The molecule has 1 aromatic heterocycles. The van der Waals surface area contributed by atoms with Crippen molar-refractivity contribution in [3.05, 3.63) is 23.7 Å². The fourth-order valence-corrected chi connectivity index (χ4v) is 2.48. The zero-order valence-corrected chi connectivity index (χ0v) is 13.1. The Morgan fingerprint density at radius 2 is 2.33 bits per heavy atom. The smallest absolute Gasteiger partial charge is 0.236 e. The summed E-state index contributed by atoms with van der Waals surface area (Å²) in [6.45, 7) is 5.94. The Bertz CT molecular complexity index is 459. The van der Waals surface area contributed by atoms with E-state index in [2.05, 4.69) is 10.2 Å². The largest absolute Gasteiger partial charge is 0.464 e. The molecule has 21 heavy (non-hydrogen) atoms. The number of morpholine rings is 1. The standard InChI is InChI=1S/C15H25N3O3/c1-12-4-5-13(21-12)9-17(3)15(19)11-18-6-7-20-14(10-18)8-16-2/h4-5,14,16H,6-11H2,1-3H3. The van der Waals surface area contributed by atoms with Crippen molar-refractivity contribution in [3.63, 3.8) is 0 Å². The third-order valence-corrected chi connectivity index (χ3v) is 3.63. The lowest BCUT2D eigenvalue weighted by Gasteiger charge is -2.33. The van der Waals surface area contributed by atoms with E-state index in [0.717, 1.165) is 31.2 Å². The Morgan fingerprint density at radius 1 is 1.52 bits per heavy atom. The molecular weight excluding hydrogens is 270 g/mol. The van der Waals surface area contributed by atoms with Crippen molar-refractivity contribution in [2.24, 2.45) is 0 Å². The Balaban J connectivity index is 1.80. The maximum absolute atomic E-state index is 12.3. The SMILES string of the molecule is CNCC1CN(CC(=O)N(C)Cc2ccc(C)o2)CCO1. The molecule has 0 radical (unpaired) electrons. The number of carbonyl (C=O) groups is 1. The molecule has 2 rings (SSSR count). The van der Waals surface area contributed by atoms with Crippen LogP contribution in [0.1, 0.15) is 11.5 Å². The van der Waals surface area contributed by atoms with Gasteiger partial charge in [0.25, 0.3) is 0 Å². The summed E-state index contributed by atoms with van der Waals surface area (Å²) in [6.07, 6.45) is 0.162. The summed E-state index contributed by atoms with van der Waals surface area (Å²) in [4.78, 5) is 16.1. The summed E-state index contributed by atoms with van der Waals surface area (Å²) in [6, 6.07) is 3.83. The molecule has 1 aliphatic rings. The molecule has 1 amide bonds. The van der Waals surface area contributed by atoms with Crippen molar-refractivity contribution < 1.29 is 13.9 Å². The molecule has 6 heteroatoms. The lowest BCUT2D eigenvalue weighted by Crippen LogP contribution is -2.49. The van der Waals surface area contributed by atoms with Crippen molar-refractivity contribution in [3.8, 4) is 0 Å². The average molecular weight is 295 g/mol. The monoisotopic (exact) mass is 295 g/mol. The second kappa shape index (κ2) is 7.59. The van der Waals surface area contributed by atoms with Crippen molar-refractivity contribution >= 4 is 5.91 Å². The van der Waals surface area contributed by atoms with Crippen LogP contribution in [0, 0.1) is 6.92 Å². The first-order chi connectivity index (χ1) is 10.1. The number of hydrogen-bond acceptors (Lipinski definition) is 5. The van der Waals surface area contributed by atoms with E-state index in [4.69, 9.17) is 9.15 Å². The maximum atomic E-state index is 12.3. The molecule has 1 aliphatic heterocycles. The summed E-state index contributed by atoms with van der Waals surface area (Å²) in [5.74, 6) is 1.79. The van der Waals surface area contributed by atoms with Crippen LogP contribution < -0.4 is 5.32 Å². The van der Waals surface area contributed by atoms with Gasteiger partial charge in [-0.05, 0) is 26.1 Å². The number of hydrogen-bond donors (Lipinski definition) is 1. The lowest BCUT2D eigenvalue weighted by molar-refractivity contribution is -0.133. The van der Waals surface area contributed by atoms with Crippen molar-refractivity contribution in [2.45, 2.75) is 19.6 Å². The van der Waals surface area contributed by atoms with Gasteiger partial charge in [-0.1, -0.05) is 0 Å². The number of nitrogens with zero attached hydrogens (tertiary/aromatic N) is 2. The second-order valence-corrected chi connectivity index (χ2v) is 5.55. The minimum absolute atomic E-state index is 0.106. The molecule has 1 saturated heterocycles. The first-order valence-electron chi connectivity index (χ1n) is 7.36. The highest BCUT2D eigenvalue weighted by Crippen LogP contribution is 2.10. The number of nitrogens with one attached hydrogen (secondary N) is 1. The fraction of sp³-hybridized carbons (Fsp3) is 0.667. The van der Waals surface area contributed by atoms with Crippen molar-refractivity contribution in [1.82, 2.24) is 15.1 Å². The van der Waals surface area contributed by atoms with Gasteiger partial charge in [0.2, 0.25) is 5.91 Å². The first kappa shape index (κ1) is 16.0. The highest BCUT2D eigenvalue weighted by molar-refractivity contribution is 5.77. The van der Waals surface area contributed by atoms with Crippen LogP contribution in [0.2, 0.25) is 0 Å². The second-order valence-electron chi connectivity index (χ2n) is 5.55. The number of ether oxygens (including phenoxy) is 1. The van der Waals surface area contributed by atoms with Crippen LogP contribution in [0.4, 0.5) is 0 Å². The molecule has 0 spiro atoms. The van der Waals surface area contributed by atoms with Gasteiger partial charge in [-0.25, -0.2) is 0 Å². The highest BCUT2D eigenvalue weighted by atomic mass is 16.5. The molecule has 0 saturated carbocycles. The molecule has 1 fully saturated rings. The van der Waals surface area contributed by atoms with Crippen LogP contribution in [0.3, 0.4) is 0 Å². The normalized spacial score (nSPS) is 19.7. The summed E-state index contributed by atoms with van der Waals surface area (Å²) in [5, 5.41) is 3.11. The number of rotatable bonds is 6. The van der Waals surface area contributed by atoms with Gasteiger partial charge in [0.15, 0.2) is 0 Å². The predicted molar refractivity (Wildman–Crippen MR) is 80.0 cm³/mol. The Morgan fingerprint density at radius 3 is 3.00 bits per heavy atom. The molecule has 1 aromatic rings. The van der Waals surface area contributed by atoms with E-state index in [1.165, 1.54) is 0 Å². The Labute approximate surface area is 126 Å². The fourth-order valence-electron chi connectivity index (χ4n) is 2.48. The Hall–Kier alpha value is -1.37. The van der Waals surface area contributed by atoms with Crippen LogP contribution >= 0.6 is 0 Å². The molecule has 1 atom stereocenters. The van der Waals surface area contributed by atoms with Crippen LogP contribution in [0.15, 0.2) is 16.5 Å². The van der Waals surface area contributed by atoms with Crippen molar-refractivity contribution in [2.75, 3.05) is 46.9 Å². The number of carbonyl (C=O) groups excluding carboxylic acids is 1. The quantitative estimate of drug-likeness (QED) is 0.826. The number of likely N-dealkylation sites (N-methyl/N-ethyl adjacent to an activating group) is 2. The molecule has 0 bridgehead atoms. The van der Waals surface area contributed by atoms with Gasteiger partial charge < -0.3 is 19.4 Å². The average Bonchev–Trinajstić information content (AvgIpc) is 2.85. The topological polar surface area (TPSA) is 58.0 Å². The molecule has 0 aromatic carbocycles. The summed E-state index contributed by atoms with van der Waals surface area (Å²) >= 11 is 0.